The largest absolute Gasteiger partial charge is 0.440 e. The lowest BCUT2D eigenvalue weighted by Gasteiger charge is -2.10. The molecular weight excluding hydrogens is 396 g/mol. The van der Waals surface area contributed by atoms with Crippen molar-refractivity contribution in [2.75, 3.05) is 6.61 Å². The summed E-state index contributed by atoms with van der Waals surface area (Å²) in [7, 11) is 0. The lowest BCUT2D eigenvalue weighted by atomic mass is 10.2. The van der Waals surface area contributed by atoms with Gasteiger partial charge in [-0.15, -0.1) is 0 Å². The molecule has 0 aliphatic carbocycles. The molecule has 2 aromatic heterocycles. The van der Waals surface area contributed by atoms with Crippen LogP contribution in [0.4, 0.5) is 0 Å². The molecule has 1 atom stereocenters. The van der Waals surface area contributed by atoms with E-state index in [-0.39, 0.29) is 6.10 Å². The second-order valence-electron chi connectivity index (χ2n) is 6.43. The highest BCUT2D eigenvalue weighted by atomic mass is 79.9. The Balaban J connectivity index is 1.77. The number of hydrogen-bond donors (Lipinski definition) is 0. The molecule has 3 heterocycles. The summed E-state index contributed by atoms with van der Waals surface area (Å²) in [5, 5.41) is 4.77. The quantitative estimate of drug-likeness (QED) is 0.591. The maximum atomic E-state index is 5.80. The Hall–Kier alpha value is -1.99. The van der Waals surface area contributed by atoms with Gasteiger partial charge >= 0.3 is 0 Å². The molecular formula is C19H21BrN4O2. The van der Waals surface area contributed by atoms with Crippen LogP contribution in [0.2, 0.25) is 0 Å². The van der Waals surface area contributed by atoms with Gasteiger partial charge in [-0.3, -0.25) is 0 Å². The Morgan fingerprint density at radius 2 is 2.19 bits per heavy atom. The number of oxazole rings is 1. The van der Waals surface area contributed by atoms with Crippen LogP contribution < -0.4 is 0 Å². The summed E-state index contributed by atoms with van der Waals surface area (Å²) in [5.41, 5.74) is 1.88. The van der Waals surface area contributed by atoms with Crippen molar-refractivity contribution in [1.29, 1.82) is 0 Å². The molecule has 1 saturated heterocycles. The smallest absolute Gasteiger partial charge is 0.196 e. The number of aromatic nitrogens is 4. The molecule has 0 bridgehead atoms. The van der Waals surface area contributed by atoms with Gasteiger partial charge < -0.3 is 9.15 Å². The normalized spacial score (nSPS) is 17.1. The van der Waals surface area contributed by atoms with Gasteiger partial charge in [0.05, 0.1) is 18.3 Å². The molecule has 0 saturated carbocycles. The van der Waals surface area contributed by atoms with Crippen molar-refractivity contribution >= 4 is 15.9 Å². The SMILES string of the molecule is CCCc1ncoc1-c1nc(-c2ccccc2Br)nn1CC1CCCO1. The fourth-order valence-corrected chi connectivity index (χ4v) is 3.70. The molecule has 1 unspecified atom stereocenters. The van der Waals surface area contributed by atoms with Crippen molar-refractivity contribution in [3.63, 3.8) is 0 Å². The van der Waals surface area contributed by atoms with Gasteiger partial charge in [0.2, 0.25) is 0 Å². The van der Waals surface area contributed by atoms with Gasteiger partial charge in [0.1, 0.15) is 0 Å². The zero-order chi connectivity index (χ0) is 17.9. The van der Waals surface area contributed by atoms with Crippen LogP contribution in [0.25, 0.3) is 23.0 Å². The summed E-state index contributed by atoms with van der Waals surface area (Å²) in [4.78, 5) is 9.17. The minimum Gasteiger partial charge on any atom is -0.440 e. The van der Waals surface area contributed by atoms with Crippen LogP contribution >= 0.6 is 15.9 Å². The molecule has 6 nitrogen and oxygen atoms in total. The molecule has 136 valence electrons. The topological polar surface area (TPSA) is 66.0 Å². The predicted molar refractivity (Wildman–Crippen MR) is 102 cm³/mol. The molecule has 0 amide bonds. The Morgan fingerprint density at radius 1 is 1.31 bits per heavy atom. The molecule has 3 aromatic rings. The molecule has 7 heteroatoms. The van der Waals surface area contributed by atoms with Gasteiger partial charge in [0.15, 0.2) is 23.8 Å². The standard InChI is InChI=1S/C19H21BrN4O2/c1-2-6-16-17(26-12-21-16)19-22-18(14-8-3-4-9-15(14)20)23-24(19)11-13-7-5-10-25-13/h3-4,8-9,12-13H,2,5-7,10-11H2,1H3. The van der Waals surface area contributed by atoms with Crippen LogP contribution in [-0.2, 0) is 17.7 Å². The van der Waals surface area contributed by atoms with Crippen molar-refractivity contribution in [3.05, 3.63) is 40.8 Å². The minimum absolute atomic E-state index is 0.167. The van der Waals surface area contributed by atoms with Crippen molar-refractivity contribution in [3.8, 4) is 23.0 Å². The third-order valence-electron chi connectivity index (χ3n) is 4.52. The van der Waals surface area contributed by atoms with Crippen LogP contribution in [0.15, 0.2) is 39.5 Å². The lowest BCUT2D eigenvalue weighted by molar-refractivity contribution is 0.0943. The van der Waals surface area contributed by atoms with Gasteiger partial charge in [-0.2, -0.15) is 5.10 Å². The van der Waals surface area contributed by atoms with E-state index < -0.39 is 0 Å². The molecule has 0 radical (unpaired) electrons. The minimum atomic E-state index is 0.167. The maximum absolute atomic E-state index is 5.80. The first kappa shape index (κ1) is 17.4. The third-order valence-corrected chi connectivity index (χ3v) is 5.21. The van der Waals surface area contributed by atoms with Gasteiger partial charge in [0, 0.05) is 16.6 Å². The van der Waals surface area contributed by atoms with Crippen LogP contribution in [0.1, 0.15) is 31.9 Å². The first-order valence-electron chi connectivity index (χ1n) is 9.00. The molecule has 1 fully saturated rings. The van der Waals surface area contributed by atoms with Crippen molar-refractivity contribution in [2.45, 2.75) is 45.3 Å². The number of nitrogens with zero attached hydrogens (tertiary/aromatic N) is 4. The first-order chi connectivity index (χ1) is 12.8. The number of aryl methyl sites for hydroxylation is 1. The van der Waals surface area contributed by atoms with Crippen LogP contribution in [0, 0.1) is 0 Å². The van der Waals surface area contributed by atoms with E-state index in [1.807, 2.05) is 28.9 Å². The molecule has 0 N–H and O–H groups in total. The molecule has 1 aliphatic heterocycles. The Kier molecular flexibility index (Phi) is 5.17. The van der Waals surface area contributed by atoms with Crippen LogP contribution in [0.3, 0.4) is 0 Å². The first-order valence-corrected chi connectivity index (χ1v) is 9.79. The molecule has 26 heavy (non-hydrogen) atoms. The Bertz CT molecular complexity index is 883. The Morgan fingerprint density at radius 3 is 2.96 bits per heavy atom. The van der Waals surface area contributed by atoms with Gasteiger partial charge in [-0.05, 0) is 31.4 Å². The molecule has 1 aromatic carbocycles. The number of halogens is 1. The van der Waals surface area contributed by atoms with Crippen LogP contribution in [-0.4, -0.2) is 32.5 Å². The monoisotopic (exact) mass is 416 g/mol. The van der Waals surface area contributed by atoms with Crippen molar-refractivity contribution in [1.82, 2.24) is 19.7 Å². The van der Waals surface area contributed by atoms with E-state index in [9.17, 15) is 0 Å². The fraction of sp³-hybridized carbons (Fsp3) is 0.421. The number of rotatable bonds is 6. The average molecular weight is 417 g/mol. The zero-order valence-electron chi connectivity index (χ0n) is 14.7. The summed E-state index contributed by atoms with van der Waals surface area (Å²) in [6.45, 7) is 3.61. The lowest BCUT2D eigenvalue weighted by Crippen LogP contribution is -2.17. The Labute approximate surface area is 160 Å². The second kappa shape index (κ2) is 7.72. The number of hydrogen-bond acceptors (Lipinski definition) is 5. The molecule has 1 aliphatic rings. The maximum Gasteiger partial charge on any atom is 0.196 e. The van der Waals surface area contributed by atoms with Gasteiger partial charge in [-0.1, -0.05) is 41.4 Å². The van der Waals surface area contributed by atoms with E-state index in [0.29, 0.717) is 24.0 Å². The summed E-state index contributed by atoms with van der Waals surface area (Å²) in [5.74, 6) is 2.09. The van der Waals surface area contributed by atoms with E-state index in [1.54, 1.807) is 0 Å². The van der Waals surface area contributed by atoms with E-state index in [0.717, 1.165) is 48.0 Å². The highest BCUT2D eigenvalue weighted by Gasteiger charge is 2.24. The predicted octanol–water partition coefficient (Wildman–Crippen LogP) is 4.49. The van der Waals surface area contributed by atoms with Crippen molar-refractivity contribution < 1.29 is 9.15 Å². The third kappa shape index (κ3) is 3.46. The number of ether oxygens (including phenoxy) is 1. The highest BCUT2D eigenvalue weighted by molar-refractivity contribution is 9.10. The molecule has 4 rings (SSSR count). The summed E-state index contributed by atoms with van der Waals surface area (Å²) < 4.78 is 14.4. The summed E-state index contributed by atoms with van der Waals surface area (Å²) in [6, 6.07) is 7.96. The van der Waals surface area contributed by atoms with Crippen LogP contribution in [0.5, 0.6) is 0 Å². The highest BCUT2D eigenvalue weighted by Crippen LogP contribution is 2.30. The van der Waals surface area contributed by atoms with E-state index in [4.69, 9.17) is 19.2 Å². The molecule has 0 spiro atoms. The summed E-state index contributed by atoms with van der Waals surface area (Å²) >= 11 is 3.59. The second-order valence-corrected chi connectivity index (χ2v) is 7.29. The van der Waals surface area contributed by atoms with E-state index in [1.165, 1.54) is 6.39 Å². The van der Waals surface area contributed by atoms with Gasteiger partial charge in [0.25, 0.3) is 0 Å². The fourth-order valence-electron chi connectivity index (χ4n) is 3.24. The zero-order valence-corrected chi connectivity index (χ0v) is 16.3. The van der Waals surface area contributed by atoms with E-state index in [2.05, 4.69) is 27.8 Å². The van der Waals surface area contributed by atoms with Gasteiger partial charge in [-0.25, -0.2) is 14.6 Å². The van der Waals surface area contributed by atoms with Crippen molar-refractivity contribution in [2.24, 2.45) is 0 Å². The average Bonchev–Trinajstić information content (AvgIpc) is 3.37. The number of benzene rings is 1. The van der Waals surface area contributed by atoms with E-state index >= 15 is 0 Å². The summed E-state index contributed by atoms with van der Waals surface area (Å²) in [6.07, 6.45) is 5.64.